The minimum atomic E-state index is -3.76. The summed E-state index contributed by atoms with van der Waals surface area (Å²) in [5, 5.41) is 1.78. The summed E-state index contributed by atoms with van der Waals surface area (Å²) < 4.78 is 54.6. The zero-order chi connectivity index (χ0) is 20.6. The van der Waals surface area contributed by atoms with Crippen LogP contribution >= 0.6 is 11.6 Å². The number of sulfonamides is 2. The number of nitrogens with zero attached hydrogens (tertiary/aromatic N) is 3. The van der Waals surface area contributed by atoms with Crippen LogP contribution in [0.5, 0.6) is 0 Å². The topological polar surface area (TPSA) is 87.7 Å². The number of pyridine rings is 1. The molecule has 4 rings (SSSR count). The third-order valence-electron chi connectivity index (χ3n) is 4.91. The summed E-state index contributed by atoms with van der Waals surface area (Å²) in [6.45, 7) is 0.320. The highest BCUT2D eigenvalue weighted by Gasteiger charge is 2.34. The monoisotopic (exact) mass is 451 g/mol. The predicted molar refractivity (Wildman–Crippen MR) is 111 cm³/mol. The Labute approximate surface area is 174 Å². The third-order valence-corrected chi connectivity index (χ3v) is 9.03. The Kier molecular flexibility index (Phi) is 5.34. The van der Waals surface area contributed by atoms with E-state index in [0.717, 1.165) is 5.39 Å². The first kappa shape index (κ1) is 20.2. The predicted octanol–water partition coefficient (Wildman–Crippen LogP) is 2.58. The Balaban J connectivity index is 1.57. The Morgan fingerprint density at radius 1 is 0.793 bits per heavy atom. The van der Waals surface area contributed by atoms with Crippen molar-refractivity contribution in [1.82, 2.24) is 13.6 Å². The number of piperazine rings is 1. The maximum Gasteiger partial charge on any atom is 0.243 e. The van der Waals surface area contributed by atoms with E-state index in [0.29, 0.717) is 10.4 Å². The molecule has 1 aromatic heterocycles. The normalized spacial score (nSPS) is 16.9. The zero-order valence-electron chi connectivity index (χ0n) is 15.3. The molecule has 152 valence electrons. The molecule has 0 radical (unpaired) electrons. The highest BCUT2D eigenvalue weighted by Crippen LogP contribution is 2.27. The second kappa shape index (κ2) is 7.66. The van der Waals surface area contributed by atoms with Gasteiger partial charge in [-0.15, -0.1) is 0 Å². The minimum absolute atomic E-state index is 0.0799. The molecule has 1 fully saturated rings. The van der Waals surface area contributed by atoms with Crippen molar-refractivity contribution < 1.29 is 16.8 Å². The molecule has 1 aliphatic rings. The molecule has 0 saturated carbocycles. The molecule has 29 heavy (non-hydrogen) atoms. The standard InChI is InChI=1S/C19H18ClN3O4S2/c20-16-4-6-17(7-5-16)28(24,25)22-10-12-23(13-11-22)29(26,27)19-3-1-2-15-14-21-9-8-18(15)19/h1-9,14H,10-13H2. The summed E-state index contributed by atoms with van der Waals surface area (Å²) in [6.07, 6.45) is 3.17. The van der Waals surface area contributed by atoms with Gasteiger partial charge in [-0.05, 0) is 36.4 Å². The first-order chi connectivity index (χ1) is 13.8. The molecule has 0 unspecified atom stereocenters. The van der Waals surface area contributed by atoms with Crippen molar-refractivity contribution in [3.63, 3.8) is 0 Å². The second-order valence-electron chi connectivity index (χ2n) is 6.62. The van der Waals surface area contributed by atoms with Crippen LogP contribution in [-0.2, 0) is 20.0 Å². The number of rotatable bonds is 4. The van der Waals surface area contributed by atoms with E-state index in [2.05, 4.69) is 4.98 Å². The van der Waals surface area contributed by atoms with Crippen LogP contribution in [0.2, 0.25) is 5.02 Å². The van der Waals surface area contributed by atoms with Gasteiger partial charge in [-0.2, -0.15) is 8.61 Å². The van der Waals surface area contributed by atoms with E-state index in [1.165, 1.54) is 32.9 Å². The average molecular weight is 452 g/mol. The summed E-state index contributed by atoms with van der Waals surface area (Å²) in [5.41, 5.74) is 0. The smallest absolute Gasteiger partial charge is 0.243 e. The third kappa shape index (κ3) is 3.76. The van der Waals surface area contributed by atoms with Gasteiger partial charge in [0.15, 0.2) is 0 Å². The lowest BCUT2D eigenvalue weighted by molar-refractivity contribution is 0.273. The largest absolute Gasteiger partial charge is 0.264 e. The number of fused-ring (bicyclic) bond motifs is 1. The number of hydrogen-bond donors (Lipinski definition) is 0. The van der Waals surface area contributed by atoms with Crippen LogP contribution in [0.3, 0.4) is 0 Å². The van der Waals surface area contributed by atoms with Crippen LogP contribution in [0.15, 0.2) is 70.7 Å². The Hall–Kier alpha value is -2.04. The van der Waals surface area contributed by atoms with Gasteiger partial charge < -0.3 is 0 Å². The van der Waals surface area contributed by atoms with E-state index < -0.39 is 20.0 Å². The first-order valence-corrected chi connectivity index (χ1v) is 12.1. The summed E-state index contributed by atoms with van der Waals surface area (Å²) in [6, 6.07) is 12.7. The highest BCUT2D eigenvalue weighted by molar-refractivity contribution is 7.89. The molecule has 0 atom stereocenters. The molecule has 0 bridgehead atoms. The lowest BCUT2D eigenvalue weighted by atomic mass is 10.2. The molecular formula is C19H18ClN3O4S2. The van der Waals surface area contributed by atoms with Gasteiger partial charge in [-0.3, -0.25) is 4.98 Å². The lowest BCUT2D eigenvalue weighted by Crippen LogP contribution is -2.50. The summed E-state index contributed by atoms with van der Waals surface area (Å²) in [5.74, 6) is 0. The molecule has 10 heteroatoms. The van der Waals surface area contributed by atoms with Gasteiger partial charge in [0, 0.05) is 54.4 Å². The van der Waals surface area contributed by atoms with E-state index in [4.69, 9.17) is 11.6 Å². The Morgan fingerprint density at radius 2 is 1.41 bits per heavy atom. The molecule has 2 aromatic carbocycles. The number of halogens is 1. The van der Waals surface area contributed by atoms with Crippen LogP contribution in [-0.4, -0.2) is 56.6 Å². The van der Waals surface area contributed by atoms with Gasteiger partial charge in [0.25, 0.3) is 0 Å². The van der Waals surface area contributed by atoms with Crippen molar-refractivity contribution >= 4 is 42.4 Å². The summed E-state index contributed by atoms with van der Waals surface area (Å²) in [4.78, 5) is 4.37. The molecule has 0 N–H and O–H groups in total. The van der Waals surface area contributed by atoms with Gasteiger partial charge in [-0.25, -0.2) is 16.8 Å². The van der Waals surface area contributed by atoms with Crippen molar-refractivity contribution in [3.05, 3.63) is 65.9 Å². The van der Waals surface area contributed by atoms with Crippen molar-refractivity contribution in [2.24, 2.45) is 0 Å². The van der Waals surface area contributed by atoms with E-state index >= 15 is 0 Å². The van der Waals surface area contributed by atoms with Crippen LogP contribution in [0.1, 0.15) is 0 Å². The maximum absolute atomic E-state index is 13.2. The summed E-state index contributed by atoms with van der Waals surface area (Å²) >= 11 is 5.83. The van der Waals surface area contributed by atoms with E-state index in [-0.39, 0.29) is 36.0 Å². The van der Waals surface area contributed by atoms with E-state index in [9.17, 15) is 16.8 Å². The highest BCUT2D eigenvalue weighted by atomic mass is 35.5. The molecule has 2 heterocycles. The number of aromatic nitrogens is 1. The Bertz CT molecular complexity index is 1250. The summed E-state index contributed by atoms with van der Waals surface area (Å²) in [7, 11) is -7.46. The molecular weight excluding hydrogens is 434 g/mol. The van der Waals surface area contributed by atoms with Crippen LogP contribution < -0.4 is 0 Å². The molecule has 0 amide bonds. The van der Waals surface area contributed by atoms with E-state index in [1.54, 1.807) is 36.7 Å². The Morgan fingerprint density at radius 3 is 2.07 bits per heavy atom. The molecule has 1 aliphatic heterocycles. The van der Waals surface area contributed by atoms with Gasteiger partial charge in [0.2, 0.25) is 20.0 Å². The fourth-order valence-corrected chi connectivity index (χ4v) is 6.55. The van der Waals surface area contributed by atoms with Crippen molar-refractivity contribution in [2.45, 2.75) is 9.79 Å². The zero-order valence-corrected chi connectivity index (χ0v) is 17.7. The van der Waals surface area contributed by atoms with Crippen molar-refractivity contribution in [3.8, 4) is 0 Å². The average Bonchev–Trinajstić information content (AvgIpc) is 2.73. The van der Waals surface area contributed by atoms with Gasteiger partial charge >= 0.3 is 0 Å². The van der Waals surface area contributed by atoms with Crippen LogP contribution in [0.4, 0.5) is 0 Å². The molecule has 7 nitrogen and oxygen atoms in total. The molecule has 3 aromatic rings. The molecule has 1 saturated heterocycles. The van der Waals surface area contributed by atoms with E-state index in [1.807, 2.05) is 0 Å². The fraction of sp³-hybridized carbons (Fsp3) is 0.211. The van der Waals surface area contributed by atoms with Crippen molar-refractivity contribution in [1.29, 1.82) is 0 Å². The molecule has 0 spiro atoms. The number of benzene rings is 2. The minimum Gasteiger partial charge on any atom is -0.264 e. The lowest BCUT2D eigenvalue weighted by Gasteiger charge is -2.33. The first-order valence-electron chi connectivity index (χ1n) is 8.89. The SMILES string of the molecule is O=S(=O)(c1ccc(Cl)cc1)N1CCN(S(=O)(=O)c2cccc3cnccc23)CC1. The van der Waals surface area contributed by atoms with Gasteiger partial charge in [-0.1, -0.05) is 23.7 Å². The van der Waals surface area contributed by atoms with Crippen LogP contribution in [0, 0.1) is 0 Å². The molecule has 0 aliphatic carbocycles. The van der Waals surface area contributed by atoms with Crippen molar-refractivity contribution in [2.75, 3.05) is 26.2 Å². The fourth-order valence-electron chi connectivity index (χ4n) is 3.36. The number of hydrogen-bond acceptors (Lipinski definition) is 5. The van der Waals surface area contributed by atoms with Gasteiger partial charge in [0.1, 0.15) is 0 Å². The van der Waals surface area contributed by atoms with Gasteiger partial charge in [0.05, 0.1) is 9.79 Å². The maximum atomic E-state index is 13.2. The quantitative estimate of drug-likeness (QED) is 0.608. The van der Waals surface area contributed by atoms with Crippen LogP contribution in [0.25, 0.3) is 10.8 Å². The second-order valence-corrected chi connectivity index (χ2v) is 10.9.